The van der Waals surface area contributed by atoms with E-state index in [1.54, 1.807) is 18.7 Å². The number of rotatable bonds is 7. The molecule has 0 fully saturated rings. The Morgan fingerprint density at radius 1 is 1.00 bits per heavy atom. The highest BCUT2D eigenvalue weighted by Gasteiger charge is 2.10. The Bertz CT molecular complexity index is 1020. The lowest BCUT2D eigenvalue weighted by Crippen LogP contribution is -2.10. The Morgan fingerprint density at radius 2 is 1.89 bits per heavy atom. The van der Waals surface area contributed by atoms with Crippen LogP contribution < -0.4 is 16.4 Å². The van der Waals surface area contributed by atoms with Crippen LogP contribution in [0.1, 0.15) is 6.42 Å². The zero-order valence-electron chi connectivity index (χ0n) is 14.7. The second kappa shape index (κ2) is 7.69. The van der Waals surface area contributed by atoms with Gasteiger partial charge in [-0.1, -0.05) is 18.2 Å². The Kier molecular flexibility index (Phi) is 4.78. The van der Waals surface area contributed by atoms with Gasteiger partial charge in [0.05, 0.1) is 17.5 Å². The fourth-order valence-electron chi connectivity index (χ4n) is 2.86. The summed E-state index contributed by atoms with van der Waals surface area (Å²) in [5, 5.41) is 7.60. The summed E-state index contributed by atoms with van der Waals surface area (Å²) < 4.78 is 2.03. The minimum atomic E-state index is 0.480. The molecule has 4 rings (SSSR count). The van der Waals surface area contributed by atoms with Gasteiger partial charge in [-0.3, -0.25) is 4.98 Å². The fraction of sp³-hybridized carbons (Fsp3) is 0.158. The molecule has 3 aromatic heterocycles. The average Bonchev–Trinajstić information content (AvgIpc) is 3.22. The summed E-state index contributed by atoms with van der Waals surface area (Å²) in [5.41, 5.74) is 8.47. The Hall–Kier alpha value is -3.68. The maximum atomic E-state index is 6.27. The van der Waals surface area contributed by atoms with E-state index in [1.165, 1.54) is 6.33 Å². The van der Waals surface area contributed by atoms with Gasteiger partial charge in [-0.05, 0) is 18.6 Å². The second-order valence-electron chi connectivity index (χ2n) is 6.07. The first kappa shape index (κ1) is 16.8. The van der Waals surface area contributed by atoms with Crippen molar-refractivity contribution >= 4 is 33.9 Å². The van der Waals surface area contributed by atoms with E-state index < -0.39 is 0 Å². The molecule has 4 aromatic rings. The summed E-state index contributed by atoms with van der Waals surface area (Å²) >= 11 is 0. The molecule has 0 unspecified atom stereocenters. The van der Waals surface area contributed by atoms with Gasteiger partial charge in [-0.2, -0.15) is 0 Å². The van der Waals surface area contributed by atoms with Crippen LogP contribution in [0.15, 0.2) is 61.6 Å². The van der Waals surface area contributed by atoms with Crippen LogP contribution in [0.2, 0.25) is 0 Å². The van der Waals surface area contributed by atoms with Gasteiger partial charge < -0.3 is 20.9 Å². The summed E-state index contributed by atoms with van der Waals surface area (Å²) in [5.74, 6) is 1.17. The van der Waals surface area contributed by atoms with Gasteiger partial charge in [-0.15, -0.1) is 0 Å². The SMILES string of the molecule is Nc1c(NCCCn2ccnc2)ncnc1Nc1cccc2cccnc12. The van der Waals surface area contributed by atoms with E-state index in [-0.39, 0.29) is 0 Å². The summed E-state index contributed by atoms with van der Waals surface area (Å²) in [6, 6.07) is 9.87. The Morgan fingerprint density at radius 3 is 2.78 bits per heavy atom. The first-order chi connectivity index (χ1) is 13.3. The molecule has 27 heavy (non-hydrogen) atoms. The number of aryl methyl sites for hydroxylation is 1. The van der Waals surface area contributed by atoms with Crippen molar-refractivity contribution in [3.8, 4) is 0 Å². The number of hydrogen-bond acceptors (Lipinski definition) is 7. The molecule has 4 N–H and O–H groups in total. The van der Waals surface area contributed by atoms with E-state index in [0.717, 1.165) is 36.1 Å². The van der Waals surface area contributed by atoms with Crippen LogP contribution in [-0.4, -0.2) is 31.0 Å². The van der Waals surface area contributed by atoms with E-state index in [2.05, 4.69) is 30.6 Å². The zero-order chi connectivity index (χ0) is 18.5. The molecule has 0 saturated carbocycles. The van der Waals surface area contributed by atoms with Gasteiger partial charge in [0.1, 0.15) is 12.0 Å². The van der Waals surface area contributed by atoms with Crippen molar-refractivity contribution in [3.05, 3.63) is 61.6 Å². The Balaban J connectivity index is 1.46. The molecule has 3 heterocycles. The van der Waals surface area contributed by atoms with E-state index in [1.807, 2.05) is 41.1 Å². The van der Waals surface area contributed by atoms with Gasteiger partial charge in [0.2, 0.25) is 0 Å². The highest BCUT2D eigenvalue weighted by atomic mass is 15.1. The van der Waals surface area contributed by atoms with Gasteiger partial charge >= 0.3 is 0 Å². The summed E-state index contributed by atoms with van der Waals surface area (Å²) in [7, 11) is 0. The largest absolute Gasteiger partial charge is 0.393 e. The second-order valence-corrected chi connectivity index (χ2v) is 6.07. The van der Waals surface area contributed by atoms with Crippen LogP contribution in [-0.2, 0) is 6.54 Å². The molecule has 1 aromatic carbocycles. The lowest BCUT2D eigenvalue weighted by atomic mass is 10.2. The van der Waals surface area contributed by atoms with Crippen molar-refractivity contribution < 1.29 is 0 Å². The maximum Gasteiger partial charge on any atom is 0.159 e. The fourth-order valence-corrected chi connectivity index (χ4v) is 2.86. The number of hydrogen-bond donors (Lipinski definition) is 3. The molecule has 0 bridgehead atoms. The molecule has 0 aliphatic rings. The van der Waals surface area contributed by atoms with Crippen LogP contribution >= 0.6 is 0 Å². The number of imidazole rings is 1. The minimum Gasteiger partial charge on any atom is -0.393 e. The summed E-state index contributed by atoms with van der Waals surface area (Å²) in [6.45, 7) is 1.62. The molecule has 0 atom stereocenters. The number of fused-ring (bicyclic) bond motifs is 1. The van der Waals surface area contributed by atoms with E-state index in [4.69, 9.17) is 5.73 Å². The van der Waals surface area contributed by atoms with E-state index in [0.29, 0.717) is 17.3 Å². The minimum absolute atomic E-state index is 0.480. The van der Waals surface area contributed by atoms with Crippen molar-refractivity contribution in [1.29, 1.82) is 0 Å². The Labute approximate surface area is 156 Å². The molecule has 136 valence electrons. The molecule has 8 heteroatoms. The van der Waals surface area contributed by atoms with Crippen molar-refractivity contribution in [3.63, 3.8) is 0 Å². The smallest absolute Gasteiger partial charge is 0.159 e. The molecule has 0 amide bonds. The lowest BCUT2D eigenvalue weighted by Gasteiger charge is -2.13. The van der Waals surface area contributed by atoms with Crippen LogP contribution in [0, 0.1) is 0 Å². The number of nitrogen functional groups attached to an aromatic ring is 1. The molecule has 0 spiro atoms. The standard InChI is InChI=1S/C19H20N8/c20-16-18(23-8-3-10-27-11-9-21-13-27)24-12-25-19(16)26-15-6-1-4-14-5-2-7-22-17(14)15/h1-2,4-7,9,11-13H,3,8,10,20H2,(H2,23,24,25,26). The van der Waals surface area contributed by atoms with Crippen LogP contribution in [0.25, 0.3) is 10.9 Å². The number of pyridine rings is 1. The molecular formula is C19H20N8. The van der Waals surface area contributed by atoms with E-state index in [9.17, 15) is 0 Å². The maximum absolute atomic E-state index is 6.27. The third-order valence-corrected chi connectivity index (χ3v) is 4.21. The number of nitrogens with zero attached hydrogens (tertiary/aromatic N) is 5. The monoisotopic (exact) mass is 360 g/mol. The number of aromatic nitrogens is 5. The van der Waals surface area contributed by atoms with Gasteiger partial charge in [0, 0.05) is 37.1 Å². The predicted octanol–water partition coefficient (Wildman–Crippen LogP) is 3.05. The van der Waals surface area contributed by atoms with Crippen LogP contribution in [0.3, 0.4) is 0 Å². The number of nitrogens with two attached hydrogens (primary N) is 1. The van der Waals surface area contributed by atoms with Gasteiger partial charge in [-0.25, -0.2) is 15.0 Å². The topological polar surface area (TPSA) is 107 Å². The number of anilines is 4. The molecule has 8 nitrogen and oxygen atoms in total. The van der Waals surface area contributed by atoms with Gasteiger partial charge in [0.15, 0.2) is 11.6 Å². The first-order valence-corrected chi connectivity index (χ1v) is 8.72. The number of para-hydroxylation sites is 1. The lowest BCUT2D eigenvalue weighted by molar-refractivity contribution is 0.660. The molecular weight excluding hydrogens is 340 g/mol. The molecule has 0 saturated heterocycles. The first-order valence-electron chi connectivity index (χ1n) is 8.72. The number of nitrogens with one attached hydrogen (secondary N) is 2. The zero-order valence-corrected chi connectivity index (χ0v) is 14.7. The third-order valence-electron chi connectivity index (χ3n) is 4.21. The van der Waals surface area contributed by atoms with Crippen molar-refractivity contribution in [2.75, 3.05) is 22.9 Å². The molecule has 0 radical (unpaired) electrons. The van der Waals surface area contributed by atoms with Crippen molar-refractivity contribution in [1.82, 2.24) is 24.5 Å². The van der Waals surface area contributed by atoms with Crippen molar-refractivity contribution in [2.45, 2.75) is 13.0 Å². The summed E-state index contributed by atoms with van der Waals surface area (Å²) in [4.78, 5) is 17.0. The molecule has 0 aliphatic heterocycles. The number of benzene rings is 1. The highest BCUT2D eigenvalue weighted by Crippen LogP contribution is 2.28. The van der Waals surface area contributed by atoms with Gasteiger partial charge in [0.25, 0.3) is 0 Å². The average molecular weight is 360 g/mol. The quantitative estimate of drug-likeness (QED) is 0.435. The third kappa shape index (κ3) is 3.79. The van der Waals surface area contributed by atoms with E-state index >= 15 is 0 Å². The van der Waals surface area contributed by atoms with Crippen LogP contribution in [0.5, 0.6) is 0 Å². The summed E-state index contributed by atoms with van der Waals surface area (Å²) in [6.07, 6.45) is 9.71. The van der Waals surface area contributed by atoms with Crippen molar-refractivity contribution in [2.24, 2.45) is 0 Å². The normalized spacial score (nSPS) is 10.8. The predicted molar refractivity (Wildman–Crippen MR) is 107 cm³/mol. The van der Waals surface area contributed by atoms with Crippen LogP contribution in [0.4, 0.5) is 23.0 Å². The highest BCUT2D eigenvalue weighted by molar-refractivity contribution is 5.93. The molecule has 0 aliphatic carbocycles.